The Hall–Kier alpha value is -2.35. The molecule has 7 heteroatoms. The lowest BCUT2D eigenvalue weighted by atomic mass is 10.1. The van der Waals surface area contributed by atoms with Gasteiger partial charge in [-0.2, -0.15) is 0 Å². The number of rotatable bonds is 9. The number of morpholine rings is 1. The van der Waals surface area contributed by atoms with Gasteiger partial charge in [0, 0.05) is 37.5 Å². The normalized spacial score (nSPS) is 17.0. The molecule has 164 valence electrons. The molecule has 0 aliphatic carbocycles. The summed E-state index contributed by atoms with van der Waals surface area (Å²) in [6.07, 6.45) is 1.26. The minimum absolute atomic E-state index is 0.315. The third kappa shape index (κ3) is 5.87. The summed E-state index contributed by atoms with van der Waals surface area (Å²) in [6, 6.07) is 18.6. The Bertz CT molecular complexity index is 946. The van der Waals surface area contributed by atoms with Crippen LogP contribution >= 0.6 is 11.8 Å². The van der Waals surface area contributed by atoms with E-state index in [1.807, 2.05) is 24.3 Å². The molecule has 1 saturated heterocycles. The van der Waals surface area contributed by atoms with Crippen LogP contribution < -0.4 is 4.74 Å². The van der Waals surface area contributed by atoms with E-state index in [1.165, 1.54) is 5.56 Å². The van der Waals surface area contributed by atoms with Crippen LogP contribution in [0.5, 0.6) is 5.75 Å². The minimum Gasteiger partial charge on any atom is -0.497 e. The van der Waals surface area contributed by atoms with Crippen LogP contribution in [0.1, 0.15) is 12.5 Å². The number of hydrogen-bond donors (Lipinski definition) is 0. The van der Waals surface area contributed by atoms with Gasteiger partial charge in [0.15, 0.2) is 11.0 Å². The Morgan fingerprint density at radius 1 is 1.06 bits per heavy atom. The molecule has 0 unspecified atom stereocenters. The minimum atomic E-state index is 0.315. The summed E-state index contributed by atoms with van der Waals surface area (Å²) in [5.41, 5.74) is 2.37. The van der Waals surface area contributed by atoms with E-state index < -0.39 is 0 Å². The van der Waals surface area contributed by atoms with Crippen molar-refractivity contribution in [2.75, 3.05) is 39.1 Å². The van der Waals surface area contributed by atoms with Crippen molar-refractivity contribution >= 4 is 11.8 Å². The first-order chi connectivity index (χ1) is 15.2. The summed E-state index contributed by atoms with van der Waals surface area (Å²) in [4.78, 5) is 2.47. The predicted octanol–water partition coefficient (Wildman–Crippen LogP) is 4.01. The largest absolute Gasteiger partial charge is 0.497 e. The molecule has 2 aromatic carbocycles. The van der Waals surface area contributed by atoms with Gasteiger partial charge in [-0.15, -0.1) is 10.2 Å². The van der Waals surface area contributed by atoms with Gasteiger partial charge in [0.05, 0.1) is 19.8 Å². The van der Waals surface area contributed by atoms with Gasteiger partial charge in [0.25, 0.3) is 0 Å². The fraction of sp³-hybridized carbons (Fsp3) is 0.417. The van der Waals surface area contributed by atoms with Crippen LogP contribution in [0.3, 0.4) is 0 Å². The van der Waals surface area contributed by atoms with Gasteiger partial charge in [0.2, 0.25) is 0 Å². The monoisotopic (exact) mass is 438 g/mol. The maximum absolute atomic E-state index is 5.65. The lowest BCUT2D eigenvalue weighted by Crippen LogP contribution is -2.42. The Morgan fingerprint density at radius 2 is 1.87 bits per heavy atom. The van der Waals surface area contributed by atoms with Crippen molar-refractivity contribution in [1.82, 2.24) is 19.7 Å². The van der Waals surface area contributed by atoms with Crippen molar-refractivity contribution in [3.8, 4) is 17.1 Å². The van der Waals surface area contributed by atoms with Crippen LogP contribution in [0.25, 0.3) is 11.4 Å². The molecule has 0 saturated carbocycles. The van der Waals surface area contributed by atoms with E-state index in [-0.39, 0.29) is 0 Å². The average Bonchev–Trinajstić information content (AvgIpc) is 3.21. The Balaban J connectivity index is 1.48. The highest BCUT2D eigenvalue weighted by Gasteiger charge is 2.18. The first-order valence-electron chi connectivity index (χ1n) is 10.8. The first-order valence-corrected chi connectivity index (χ1v) is 11.8. The van der Waals surface area contributed by atoms with E-state index >= 15 is 0 Å². The number of ether oxygens (including phenoxy) is 2. The molecule has 1 atom stereocenters. The first kappa shape index (κ1) is 21.9. The summed E-state index contributed by atoms with van der Waals surface area (Å²) in [7, 11) is 1.68. The maximum atomic E-state index is 5.65. The number of aromatic nitrogens is 3. The highest BCUT2D eigenvalue weighted by Crippen LogP contribution is 2.26. The van der Waals surface area contributed by atoms with Crippen LogP contribution in [-0.2, 0) is 17.7 Å². The fourth-order valence-electron chi connectivity index (χ4n) is 3.80. The third-order valence-corrected chi connectivity index (χ3v) is 6.44. The molecule has 1 fully saturated rings. The molecule has 1 aromatic heterocycles. The average molecular weight is 439 g/mol. The highest BCUT2D eigenvalue weighted by atomic mass is 32.2. The zero-order chi connectivity index (χ0) is 21.5. The molecular formula is C24H30N4O2S. The fourth-order valence-corrected chi connectivity index (χ4v) is 4.76. The molecule has 2 heterocycles. The van der Waals surface area contributed by atoms with Crippen molar-refractivity contribution in [3.63, 3.8) is 0 Å². The summed E-state index contributed by atoms with van der Waals surface area (Å²) in [6.45, 7) is 6.83. The van der Waals surface area contributed by atoms with Gasteiger partial charge >= 0.3 is 0 Å². The Labute approximate surface area is 188 Å². The molecule has 1 aliphatic rings. The van der Waals surface area contributed by atoms with Crippen LogP contribution in [0, 0.1) is 0 Å². The molecule has 0 N–H and O–H groups in total. The number of thioether (sulfide) groups is 1. The standard InChI is InChI=1S/C24H30N4O2S/c1-19-18-27(14-16-30-19)15-17-31-24-26-25-23(21-8-10-22(29-2)11-9-21)28(24)13-12-20-6-4-3-5-7-20/h3-11,19H,12-18H2,1-2H3/t19-/m1/s1. The van der Waals surface area contributed by atoms with Gasteiger partial charge in [-0.25, -0.2) is 0 Å². The van der Waals surface area contributed by atoms with Gasteiger partial charge in [-0.1, -0.05) is 42.1 Å². The molecule has 0 radical (unpaired) electrons. The van der Waals surface area contributed by atoms with Gasteiger partial charge < -0.3 is 14.0 Å². The molecular weight excluding hydrogens is 408 g/mol. The summed E-state index contributed by atoms with van der Waals surface area (Å²) in [5, 5.41) is 10.1. The molecule has 3 aromatic rings. The van der Waals surface area contributed by atoms with Gasteiger partial charge in [-0.05, 0) is 43.2 Å². The number of aryl methyl sites for hydroxylation is 1. The molecule has 6 nitrogen and oxygen atoms in total. The van der Waals surface area contributed by atoms with E-state index in [4.69, 9.17) is 9.47 Å². The maximum Gasteiger partial charge on any atom is 0.191 e. The molecule has 31 heavy (non-hydrogen) atoms. The number of methoxy groups -OCH3 is 1. The zero-order valence-corrected chi connectivity index (χ0v) is 19.1. The van der Waals surface area contributed by atoms with Crippen molar-refractivity contribution in [3.05, 3.63) is 60.2 Å². The summed E-state index contributed by atoms with van der Waals surface area (Å²) >= 11 is 1.78. The van der Waals surface area contributed by atoms with Crippen molar-refractivity contribution in [2.45, 2.75) is 31.1 Å². The zero-order valence-electron chi connectivity index (χ0n) is 18.2. The number of hydrogen-bond acceptors (Lipinski definition) is 6. The summed E-state index contributed by atoms with van der Waals surface area (Å²) in [5.74, 6) is 2.73. The second-order valence-electron chi connectivity index (χ2n) is 7.75. The van der Waals surface area contributed by atoms with Crippen LogP contribution in [0.15, 0.2) is 59.8 Å². The topological polar surface area (TPSA) is 52.4 Å². The van der Waals surface area contributed by atoms with Crippen LogP contribution in [0.2, 0.25) is 0 Å². The van der Waals surface area contributed by atoms with Crippen molar-refractivity contribution in [1.29, 1.82) is 0 Å². The molecule has 1 aliphatic heterocycles. The molecule has 4 rings (SSSR count). The lowest BCUT2D eigenvalue weighted by molar-refractivity contribution is -0.0158. The summed E-state index contributed by atoms with van der Waals surface area (Å²) < 4.78 is 13.2. The Morgan fingerprint density at radius 3 is 2.61 bits per heavy atom. The molecule has 0 bridgehead atoms. The second kappa shape index (κ2) is 10.8. The highest BCUT2D eigenvalue weighted by molar-refractivity contribution is 7.99. The van der Waals surface area contributed by atoms with Crippen LogP contribution in [-0.4, -0.2) is 64.9 Å². The van der Waals surface area contributed by atoms with E-state index in [9.17, 15) is 0 Å². The van der Waals surface area contributed by atoms with Crippen molar-refractivity contribution in [2.24, 2.45) is 0 Å². The second-order valence-corrected chi connectivity index (χ2v) is 8.81. The van der Waals surface area contributed by atoms with E-state index in [2.05, 4.69) is 56.9 Å². The predicted molar refractivity (Wildman–Crippen MR) is 125 cm³/mol. The smallest absolute Gasteiger partial charge is 0.191 e. The Kier molecular flexibility index (Phi) is 7.61. The molecule has 0 amide bonds. The van der Waals surface area contributed by atoms with E-state index in [1.54, 1.807) is 18.9 Å². The van der Waals surface area contributed by atoms with Gasteiger partial charge in [-0.3, -0.25) is 4.90 Å². The van der Waals surface area contributed by atoms with E-state index in [0.29, 0.717) is 6.10 Å². The lowest BCUT2D eigenvalue weighted by Gasteiger charge is -2.30. The van der Waals surface area contributed by atoms with Crippen molar-refractivity contribution < 1.29 is 9.47 Å². The number of nitrogens with zero attached hydrogens (tertiary/aromatic N) is 4. The van der Waals surface area contributed by atoms with Crippen LogP contribution in [0.4, 0.5) is 0 Å². The quantitative estimate of drug-likeness (QED) is 0.471. The molecule has 0 spiro atoms. The van der Waals surface area contributed by atoms with Gasteiger partial charge in [0.1, 0.15) is 5.75 Å². The van der Waals surface area contributed by atoms with E-state index in [0.717, 1.165) is 67.3 Å². The number of benzene rings is 2. The third-order valence-electron chi connectivity index (χ3n) is 5.50. The SMILES string of the molecule is COc1ccc(-c2nnc(SCCN3CCO[C@H](C)C3)n2CCc2ccccc2)cc1.